The molecule has 0 aliphatic heterocycles. The second-order valence-electron chi connectivity index (χ2n) is 4.74. The zero-order valence-electron chi connectivity index (χ0n) is 12.3. The standard InChI is InChI=1S/C17H16FN3O2/c1-2-9-19-17(23)12-7-8-16(20-10-12)21-11-15(22)13-5-3-4-6-14(13)18/h1,3-8,10,15,22H,9,11H2,(H,19,23)(H,20,21). The summed E-state index contributed by atoms with van der Waals surface area (Å²) < 4.78 is 13.5. The highest BCUT2D eigenvalue weighted by atomic mass is 19.1. The lowest BCUT2D eigenvalue weighted by atomic mass is 10.1. The first-order valence-electron chi connectivity index (χ1n) is 6.96. The van der Waals surface area contributed by atoms with Gasteiger partial charge in [-0.15, -0.1) is 6.42 Å². The maximum atomic E-state index is 13.5. The topological polar surface area (TPSA) is 74.2 Å². The van der Waals surface area contributed by atoms with E-state index in [1.165, 1.54) is 18.3 Å². The summed E-state index contributed by atoms with van der Waals surface area (Å²) in [5, 5.41) is 15.4. The number of benzene rings is 1. The molecule has 2 aromatic rings. The molecule has 0 saturated heterocycles. The van der Waals surface area contributed by atoms with Crippen LogP contribution in [-0.2, 0) is 0 Å². The molecular weight excluding hydrogens is 297 g/mol. The van der Waals surface area contributed by atoms with Crippen molar-refractivity contribution < 1.29 is 14.3 Å². The van der Waals surface area contributed by atoms with Crippen LogP contribution < -0.4 is 10.6 Å². The molecular formula is C17H16FN3O2. The van der Waals surface area contributed by atoms with Crippen molar-refractivity contribution >= 4 is 11.7 Å². The number of rotatable bonds is 6. The number of aliphatic hydroxyl groups excluding tert-OH is 1. The van der Waals surface area contributed by atoms with E-state index in [-0.39, 0.29) is 24.6 Å². The average Bonchev–Trinajstić information content (AvgIpc) is 2.58. The lowest BCUT2D eigenvalue weighted by molar-refractivity contribution is 0.0958. The Labute approximate surface area is 133 Å². The molecule has 6 heteroatoms. The number of aromatic nitrogens is 1. The smallest absolute Gasteiger partial charge is 0.253 e. The Kier molecular flexibility index (Phi) is 5.67. The second-order valence-corrected chi connectivity index (χ2v) is 4.74. The van der Waals surface area contributed by atoms with Crippen LogP contribution in [0.2, 0.25) is 0 Å². The fourth-order valence-corrected chi connectivity index (χ4v) is 1.92. The van der Waals surface area contributed by atoms with Gasteiger partial charge in [-0.1, -0.05) is 24.1 Å². The molecule has 5 nitrogen and oxygen atoms in total. The predicted octanol–water partition coefficient (Wildman–Crippen LogP) is 1.73. The van der Waals surface area contributed by atoms with Crippen LogP contribution in [0.3, 0.4) is 0 Å². The van der Waals surface area contributed by atoms with E-state index < -0.39 is 11.9 Å². The van der Waals surface area contributed by atoms with Crippen LogP contribution in [0.15, 0.2) is 42.6 Å². The van der Waals surface area contributed by atoms with E-state index in [1.807, 2.05) is 0 Å². The molecule has 118 valence electrons. The molecule has 0 radical (unpaired) electrons. The van der Waals surface area contributed by atoms with Crippen LogP contribution >= 0.6 is 0 Å². The van der Waals surface area contributed by atoms with Crippen LogP contribution in [0.1, 0.15) is 22.0 Å². The van der Waals surface area contributed by atoms with Crippen LogP contribution in [0.5, 0.6) is 0 Å². The van der Waals surface area contributed by atoms with E-state index in [9.17, 15) is 14.3 Å². The normalized spacial score (nSPS) is 11.3. The van der Waals surface area contributed by atoms with Crippen molar-refractivity contribution in [2.45, 2.75) is 6.10 Å². The molecule has 1 heterocycles. The molecule has 1 aromatic carbocycles. The van der Waals surface area contributed by atoms with E-state index in [4.69, 9.17) is 6.42 Å². The molecule has 0 aliphatic rings. The van der Waals surface area contributed by atoms with Crippen LogP contribution in [0, 0.1) is 18.2 Å². The first kappa shape index (κ1) is 16.5. The predicted molar refractivity (Wildman–Crippen MR) is 85.3 cm³/mol. The van der Waals surface area contributed by atoms with Crippen LogP contribution in [0.25, 0.3) is 0 Å². The molecule has 0 fully saturated rings. The SMILES string of the molecule is C#CCNC(=O)c1ccc(NCC(O)c2ccccc2F)nc1. The third-order valence-corrected chi connectivity index (χ3v) is 3.12. The Morgan fingerprint density at radius 2 is 2.13 bits per heavy atom. The number of aliphatic hydroxyl groups is 1. The van der Waals surface area contributed by atoms with Crippen molar-refractivity contribution in [2.75, 3.05) is 18.4 Å². The van der Waals surface area contributed by atoms with Crippen molar-refractivity contribution in [1.82, 2.24) is 10.3 Å². The zero-order chi connectivity index (χ0) is 16.7. The molecule has 0 bridgehead atoms. The summed E-state index contributed by atoms with van der Waals surface area (Å²) in [5.41, 5.74) is 0.589. The second kappa shape index (κ2) is 7.92. The first-order chi connectivity index (χ1) is 11.1. The quantitative estimate of drug-likeness (QED) is 0.710. The lowest BCUT2D eigenvalue weighted by Gasteiger charge is -2.13. The summed E-state index contributed by atoms with van der Waals surface area (Å²) in [4.78, 5) is 15.7. The van der Waals surface area contributed by atoms with Gasteiger partial charge in [0.15, 0.2) is 0 Å². The Morgan fingerprint density at radius 3 is 2.78 bits per heavy atom. The lowest BCUT2D eigenvalue weighted by Crippen LogP contribution is -2.23. The van der Waals surface area contributed by atoms with Crippen molar-refractivity contribution in [3.63, 3.8) is 0 Å². The number of carbonyl (C=O) groups excluding carboxylic acids is 1. The number of hydrogen-bond acceptors (Lipinski definition) is 4. The molecule has 1 amide bonds. The number of anilines is 1. The summed E-state index contributed by atoms with van der Waals surface area (Å²) in [5.74, 6) is 2.00. The average molecular weight is 313 g/mol. The van der Waals surface area contributed by atoms with Gasteiger partial charge in [-0.2, -0.15) is 0 Å². The van der Waals surface area contributed by atoms with E-state index in [2.05, 4.69) is 21.5 Å². The van der Waals surface area contributed by atoms with Gasteiger partial charge >= 0.3 is 0 Å². The molecule has 0 spiro atoms. The number of nitrogens with one attached hydrogen (secondary N) is 2. The van der Waals surface area contributed by atoms with E-state index in [0.29, 0.717) is 11.4 Å². The minimum Gasteiger partial charge on any atom is -0.386 e. The van der Waals surface area contributed by atoms with E-state index in [0.717, 1.165) is 0 Å². The minimum absolute atomic E-state index is 0.0938. The number of carbonyl (C=O) groups is 1. The summed E-state index contributed by atoms with van der Waals surface area (Å²) in [6.45, 7) is 0.240. The van der Waals surface area contributed by atoms with Gasteiger partial charge in [0, 0.05) is 18.3 Å². The number of halogens is 1. The minimum atomic E-state index is -1.00. The maximum Gasteiger partial charge on any atom is 0.253 e. The number of terminal acetylenes is 1. The van der Waals surface area contributed by atoms with Gasteiger partial charge in [0.1, 0.15) is 11.6 Å². The van der Waals surface area contributed by atoms with E-state index in [1.54, 1.807) is 24.3 Å². The van der Waals surface area contributed by atoms with Gasteiger partial charge in [-0.3, -0.25) is 4.79 Å². The van der Waals surface area contributed by atoms with Gasteiger partial charge in [0.2, 0.25) is 0 Å². The zero-order valence-corrected chi connectivity index (χ0v) is 12.3. The summed E-state index contributed by atoms with van der Waals surface area (Å²) in [6, 6.07) is 9.21. The van der Waals surface area contributed by atoms with Gasteiger partial charge < -0.3 is 15.7 Å². The van der Waals surface area contributed by atoms with E-state index >= 15 is 0 Å². The van der Waals surface area contributed by atoms with Gasteiger partial charge in [-0.25, -0.2) is 9.37 Å². The Morgan fingerprint density at radius 1 is 1.35 bits per heavy atom. The number of pyridine rings is 1. The van der Waals surface area contributed by atoms with Crippen molar-refractivity contribution in [1.29, 1.82) is 0 Å². The fourth-order valence-electron chi connectivity index (χ4n) is 1.92. The highest BCUT2D eigenvalue weighted by Gasteiger charge is 2.12. The number of nitrogens with zero attached hydrogens (tertiary/aromatic N) is 1. The molecule has 3 N–H and O–H groups in total. The Bertz CT molecular complexity index is 711. The summed E-state index contributed by atoms with van der Waals surface area (Å²) in [7, 11) is 0. The third-order valence-electron chi connectivity index (χ3n) is 3.12. The molecule has 1 unspecified atom stereocenters. The first-order valence-corrected chi connectivity index (χ1v) is 6.96. The molecule has 0 saturated carbocycles. The summed E-state index contributed by atoms with van der Waals surface area (Å²) in [6.07, 6.45) is 5.45. The van der Waals surface area contributed by atoms with Crippen molar-refractivity contribution in [3.05, 3.63) is 59.5 Å². The van der Waals surface area contributed by atoms with Crippen molar-refractivity contribution in [2.24, 2.45) is 0 Å². The largest absolute Gasteiger partial charge is 0.386 e. The molecule has 1 aromatic heterocycles. The van der Waals surface area contributed by atoms with Gasteiger partial charge in [-0.05, 0) is 18.2 Å². The summed E-state index contributed by atoms with van der Waals surface area (Å²) >= 11 is 0. The van der Waals surface area contributed by atoms with Crippen molar-refractivity contribution in [3.8, 4) is 12.3 Å². The molecule has 1 atom stereocenters. The highest BCUT2D eigenvalue weighted by molar-refractivity contribution is 5.94. The van der Waals surface area contributed by atoms with Crippen LogP contribution in [-0.4, -0.2) is 29.1 Å². The third kappa shape index (κ3) is 4.53. The van der Waals surface area contributed by atoms with Gasteiger partial charge in [0.05, 0.1) is 18.2 Å². The number of amides is 1. The molecule has 23 heavy (non-hydrogen) atoms. The molecule has 2 rings (SSSR count). The maximum absolute atomic E-state index is 13.5. The van der Waals surface area contributed by atoms with Gasteiger partial charge in [0.25, 0.3) is 5.91 Å². The Hall–Kier alpha value is -2.91. The molecule has 0 aliphatic carbocycles. The highest BCUT2D eigenvalue weighted by Crippen LogP contribution is 2.17. The fraction of sp³-hybridized carbons (Fsp3) is 0.176. The van der Waals surface area contributed by atoms with Crippen LogP contribution in [0.4, 0.5) is 10.2 Å². The Balaban J connectivity index is 1.93. The monoisotopic (exact) mass is 313 g/mol. The number of hydrogen-bond donors (Lipinski definition) is 3.